The van der Waals surface area contributed by atoms with E-state index >= 15 is 0 Å². The minimum absolute atomic E-state index is 0.0335. The van der Waals surface area contributed by atoms with Crippen LogP contribution in [0.3, 0.4) is 0 Å². The summed E-state index contributed by atoms with van der Waals surface area (Å²) in [6, 6.07) is -0.477. The van der Waals surface area contributed by atoms with Gasteiger partial charge < -0.3 is 20.7 Å². The Morgan fingerprint density at radius 1 is 1.69 bits per heavy atom. The molecule has 0 saturated heterocycles. The lowest BCUT2D eigenvalue weighted by Gasteiger charge is -2.14. The number of carboxylic acids is 1. The third kappa shape index (κ3) is 2.10. The van der Waals surface area contributed by atoms with Crippen LogP contribution in [0.15, 0.2) is 10.5 Å². The second-order valence-corrected chi connectivity index (χ2v) is 3.81. The highest BCUT2D eigenvalue weighted by Crippen LogP contribution is 2.39. The lowest BCUT2D eigenvalue weighted by molar-refractivity contribution is -0.138. The van der Waals surface area contributed by atoms with E-state index in [9.17, 15) is 14.3 Å². The van der Waals surface area contributed by atoms with E-state index in [2.05, 4.69) is 15.9 Å². The molecule has 1 rings (SSSR count). The molecule has 1 unspecified atom stereocenters. The van der Waals surface area contributed by atoms with Gasteiger partial charge in [-0.1, -0.05) is 0 Å². The zero-order chi connectivity index (χ0) is 12.5. The molecular formula is C9H9BrFNO4. The van der Waals surface area contributed by atoms with Crippen LogP contribution >= 0.6 is 15.9 Å². The maximum Gasteiger partial charge on any atom is 0.325 e. The summed E-state index contributed by atoms with van der Waals surface area (Å²) in [5.41, 5.74) is 4.74. The van der Waals surface area contributed by atoms with Gasteiger partial charge in [0.1, 0.15) is 11.9 Å². The highest BCUT2D eigenvalue weighted by molar-refractivity contribution is 9.10. The predicted molar refractivity (Wildman–Crippen MR) is 56.9 cm³/mol. The van der Waals surface area contributed by atoms with Crippen molar-refractivity contribution in [3.05, 3.63) is 21.9 Å². The van der Waals surface area contributed by atoms with Gasteiger partial charge in [-0.2, -0.15) is 0 Å². The fraction of sp³-hybridized carbons (Fsp3) is 0.222. The van der Waals surface area contributed by atoms with Gasteiger partial charge in [0.15, 0.2) is 11.5 Å². The lowest BCUT2D eigenvalue weighted by atomic mass is 10.1. The average Bonchev–Trinajstić information content (AvgIpc) is 2.23. The van der Waals surface area contributed by atoms with Crippen LogP contribution in [0.25, 0.3) is 0 Å². The molecule has 5 nitrogen and oxygen atoms in total. The second kappa shape index (κ2) is 4.67. The molecule has 1 aromatic rings. The van der Waals surface area contributed by atoms with Crippen LogP contribution in [-0.4, -0.2) is 23.3 Å². The van der Waals surface area contributed by atoms with E-state index in [1.165, 1.54) is 13.2 Å². The Morgan fingerprint density at radius 3 is 2.69 bits per heavy atom. The number of carboxylic acid groups (broad SMARTS) is 1. The molecule has 0 fully saturated rings. The van der Waals surface area contributed by atoms with E-state index in [1.807, 2.05) is 0 Å². The van der Waals surface area contributed by atoms with Gasteiger partial charge in [-0.3, -0.25) is 4.79 Å². The van der Waals surface area contributed by atoms with Crippen LogP contribution in [0, 0.1) is 5.82 Å². The van der Waals surface area contributed by atoms with Gasteiger partial charge in [0, 0.05) is 6.07 Å². The molecule has 0 radical (unpaired) electrons. The Labute approximate surface area is 98.8 Å². The number of aromatic hydroxyl groups is 1. The SMILES string of the molecule is COc1cc(Br)c(F)c(C(N)C(=O)O)c1O. The maximum absolute atomic E-state index is 13.6. The molecule has 0 aromatic heterocycles. The molecule has 4 N–H and O–H groups in total. The zero-order valence-corrected chi connectivity index (χ0v) is 9.78. The number of benzene rings is 1. The van der Waals surface area contributed by atoms with Crippen molar-refractivity contribution in [3.8, 4) is 11.5 Å². The van der Waals surface area contributed by atoms with Gasteiger partial charge in [0.2, 0.25) is 0 Å². The number of phenolic OH excluding ortho intramolecular Hbond substituents is 1. The first-order chi connectivity index (χ1) is 7.40. The number of methoxy groups -OCH3 is 1. The van der Waals surface area contributed by atoms with Crippen molar-refractivity contribution in [2.45, 2.75) is 6.04 Å². The fourth-order valence-electron chi connectivity index (χ4n) is 1.18. The van der Waals surface area contributed by atoms with E-state index in [4.69, 9.17) is 15.6 Å². The predicted octanol–water partition coefficient (Wildman–Crippen LogP) is 1.39. The Hall–Kier alpha value is -1.34. The summed E-state index contributed by atoms with van der Waals surface area (Å²) < 4.78 is 18.3. The van der Waals surface area contributed by atoms with Gasteiger partial charge in [0.25, 0.3) is 0 Å². The molecule has 0 aliphatic carbocycles. The Bertz CT molecular complexity index is 438. The van der Waals surface area contributed by atoms with Crippen molar-refractivity contribution >= 4 is 21.9 Å². The summed E-state index contributed by atoms with van der Waals surface area (Å²) in [5.74, 6) is -3.04. The molecule has 0 aliphatic rings. The molecule has 1 atom stereocenters. The van der Waals surface area contributed by atoms with E-state index < -0.39 is 29.1 Å². The Balaban J connectivity index is 3.47. The lowest BCUT2D eigenvalue weighted by Crippen LogP contribution is -2.22. The number of aliphatic carboxylic acids is 1. The van der Waals surface area contributed by atoms with Gasteiger partial charge in [-0.15, -0.1) is 0 Å². The summed E-state index contributed by atoms with van der Waals surface area (Å²) >= 11 is 2.87. The van der Waals surface area contributed by atoms with Crippen LogP contribution in [-0.2, 0) is 4.79 Å². The van der Waals surface area contributed by atoms with Gasteiger partial charge in [0.05, 0.1) is 17.1 Å². The zero-order valence-electron chi connectivity index (χ0n) is 8.20. The van der Waals surface area contributed by atoms with Crippen molar-refractivity contribution < 1.29 is 24.1 Å². The van der Waals surface area contributed by atoms with E-state index in [-0.39, 0.29) is 10.2 Å². The molecule has 7 heteroatoms. The number of hydrogen-bond donors (Lipinski definition) is 3. The van der Waals surface area contributed by atoms with Crippen LogP contribution < -0.4 is 10.5 Å². The molecule has 0 saturated carbocycles. The molecule has 1 aromatic carbocycles. The van der Waals surface area contributed by atoms with Crippen molar-refractivity contribution in [1.82, 2.24) is 0 Å². The highest BCUT2D eigenvalue weighted by atomic mass is 79.9. The molecule has 0 aliphatic heterocycles. The summed E-state index contributed by atoms with van der Waals surface area (Å²) in [6.45, 7) is 0. The topological polar surface area (TPSA) is 92.8 Å². The number of ether oxygens (including phenoxy) is 1. The molecule has 88 valence electrons. The summed E-state index contributed by atoms with van der Waals surface area (Å²) in [7, 11) is 1.26. The smallest absolute Gasteiger partial charge is 0.325 e. The number of nitrogens with two attached hydrogens (primary N) is 1. The molecule has 0 bridgehead atoms. The second-order valence-electron chi connectivity index (χ2n) is 2.95. The number of phenols is 1. The van der Waals surface area contributed by atoms with Gasteiger partial charge >= 0.3 is 5.97 Å². The number of carbonyl (C=O) groups is 1. The first kappa shape index (κ1) is 12.7. The van der Waals surface area contributed by atoms with Crippen molar-refractivity contribution in [3.63, 3.8) is 0 Å². The van der Waals surface area contributed by atoms with Crippen LogP contribution in [0.2, 0.25) is 0 Å². The molecular weight excluding hydrogens is 285 g/mol. The summed E-state index contributed by atoms with van der Waals surface area (Å²) in [5, 5.41) is 18.3. The summed E-state index contributed by atoms with van der Waals surface area (Å²) in [4.78, 5) is 10.7. The number of hydrogen-bond acceptors (Lipinski definition) is 4. The van der Waals surface area contributed by atoms with Crippen LogP contribution in [0.5, 0.6) is 11.5 Å². The standard InChI is InChI=1S/C9H9BrFNO4/c1-16-4-2-3(10)6(11)5(8(4)13)7(12)9(14)15/h2,7,13H,12H2,1H3,(H,14,15). The van der Waals surface area contributed by atoms with Crippen molar-refractivity contribution in [2.75, 3.05) is 7.11 Å². The van der Waals surface area contributed by atoms with E-state index in [0.29, 0.717) is 0 Å². The van der Waals surface area contributed by atoms with Crippen LogP contribution in [0.4, 0.5) is 4.39 Å². The van der Waals surface area contributed by atoms with Crippen molar-refractivity contribution in [2.24, 2.45) is 5.73 Å². The highest BCUT2D eigenvalue weighted by Gasteiger charge is 2.26. The fourth-order valence-corrected chi connectivity index (χ4v) is 1.60. The molecule has 0 heterocycles. The molecule has 0 spiro atoms. The average molecular weight is 294 g/mol. The Morgan fingerprint density at radius 2 is 2.25 bits per heavy atom. The minimum Gasteiger partial charge on any atom is -0.504 e. The minimum atomic E-state index is -1.66. The monoisotopic (exact) mass is 293 g/mol. The first-order valence-electron chi connectivity index (χ1n) is 4.13. The van der Waals surface area contributed by atoms with Gasteiger partial charge in [-0.05, 0) is 15.9 Å². The van der Waals surface area contributed by atoms with E-state index in [0.717, 1.165) is 0 Å². The quantitative estimate of drug-likeness (QED) is 0.783. The summed E-state index contributed by atoms with van der Waals surface area (Å²) in [6.07, 6.45) is 0. The van der Waals surface area contributed by atoms with Gasteiger partial charge in [-0.25, -0.2) is 4.39 Å². The molecule has 0 amide bonds. The number of halogens is 2. The van der Waals surface area contributed by atoms with Crippen LogP contribution in [0.1, 0.15) is 11.6 Å². The Kier molecular flexibility index (Phi) is 3.71. The first-order valence-corrected chi connectivity index (χ1v) is 4.92. The third-order valence-corrected chi connectivity index (χ3v) is 2.57. The molecule has 16 heavy (non-hydrogen) atoms. The maximum atomic E-state index is 13.6. The van der Waals surface area contributed by atoms with E-state index in [1.54, 1.807) is 0 Å². The third-order valence-electron chi connectivity index (χ3n) is 1.99. The normalized spacial score (nSPS) is 12.2. The number of rotatable bonds is 3. The largest absolute Gasteiger partial charge is 0.504 e. The van der Waals surface area contributed by atoms with Crippen molar-refractivity contribution in [1.29, 1.82) is 0 Å².